The van der Waals surface area contributed by atoms with Crippen molar-refractivity contribution in [3.63, 3.8) is 0 Å². The first kappa shape index (κ1) is 14.7. The number of rotatable bonds is 6. The molecule has 0 amide bonds. The van der Waals surface area contributed by atoms with Crippen molar-refractivity contribution >= 4 is 15.9 Å². The summed E-state index contributed by atoms with van der Waals surface area (Å²) in [5, 5.41) is 11.2. The Morgan fingerprint density at radius 3 is 2.55 bits per heavy atom. The van der Waals surface area contributed by atoms with Crippen LogP contribution in [0.5, 0.6) is 11.5 Å². The first-order chi connectivity index (χ1) is 9.74. The minimum Gasteiger partial charge on any atom is -0.493 e. The Morgan fingerprint density at radius 1 is 1.15 bits per heavy atom. The zero-order chi connectivity index (χ0) is 14.4. The Kier molecular flexibility index (Phi) is 5.31. The van der Waals surface area contributed by atoms with Crippen LogP contribution in [0.3, 0.4) is 0 Å². The van der Waals surface area contributed by atoms with E-state index in [-0.39, 0.29) is 0 Å². The molecule has 0 fully saturated rings. The van der Waals surface area contributed by atoms with Crippen LogP contribution in [0.4, 0.5) is 0 Å². The predicted molar refractivity (Wildman–Crippen MR) is 79.8 cm³/mol. The maximum Gasteiger partial charge on any atom is 0.161 e. The van der Waals surface area contributed by atoms with Gasteiger partial charge in [-0.25, -0.2) is 0 Å². The van der Waals surface area contributed by atoms with Gasteiger partial charge in [-0.15, -0.1) is 0 Å². The topological polar surface area (TPSA) is 56.3 Å². The molecular formula is C14H16BrN3O2. The van der Waals surface area contributed by atoms with Crippen LogP contribution in [0, 0.1) is 0 Å². The summed E-state index contributed by atoms with van der Waals surface area (Å²) in [6.07, 6.45) is 1.66. The van der Waals surface area contributed by atoms with E-state index in [1.807, 2.05) is 24.3 Å². The number of benzene rings is 1. The number of halogens is 1. The van der Waals surface area contributed by atoms with Gasteiger partial charge < -0.3 is 14.8 Å². The van der Waals surface area contributed by atoms with E-state index in [0.717, 1.165) is 15.7 Å². The van der Waals surface area contributed by atoms with E-state index in [9.17, 15) is 0 Å². The third kappa shape index (κ3) is 3.68. The predicted octanol–water partition coefficient (Wildman–Crippen LogP) is 2.55. The Balaban J connectivity index is 2.02. The number of hydrogen-bond acceptors (Lipinski definition) is 5. The van der Waals surface area contributed by atoms with E-state index in [2.05, 4.69) is 31.4 Å². The Hall–Kier alpha value is -1.66. The molecule has 20 heavy (non-hydrogen) atoms. The van der Waals surface area contributed by atoms with Gasteiger partial charge in [0, 0.05) is 23.8 Å². The summed E-state index contributed by atoms with van der Waals surface area (Å²) in [5.41, 5.74) is 2.00. The number of aromatic nitrogens is 2. The first-order valence-electron chi connectivity index (χ1n) is 6.12. The van der Waals surface area contributed by atoms with Crippen molar-refractivity contribution in [3.05, 3.63) is 46.2 Å². The van der Waals surface area contributed by atoms with Gasteiger partial charge in [0.15, 0.2) is 11.5 Å². The normalized spacial score (nSPS) is 10.3. The van der Waals surface area contributed by atoms with E-state index in [0.29, 0.717) is 24.6 Å². The van der Waals surface area contributed by atoms with Gasteiger partial charge in [-0.2, -0.15) is 10.2 Å². The fourth-order valence-corrected chi connectivity index (χ4v) is 2.25. The highest BCUT2D eigenvalue weighted by atomic mass is 79.9. The fourth-order valence-electron chi connectivity index (χ4n) is 1.78. The van der Waals surface area contributed by atoms with Crippen molar-refractivity contribution in [1.82, 2.24) is 15.5 Å². The summed E-state index contributed by atoms with van der Waals surface area (Å²) in [6, 6.07) is 7.66. The van der Waals surface area contributed by atoms with Crippen LogP contribution < -0.4 is 14.8 Å². The SMILES string of the molecule is COc1cc(Br)c(CNCc2cccnn2)cc1OC. The lowest BCUT2D eigenvalue weighted by molar-refractivity contribution is 0.354. The third-order valence-electron chi connectivity index (χ3n) is 2.80. The smallest absolute Gasteiger partial charge is 0.161 e. The third-order valence-corrected chi connectivity index (χ3v) is 3.54. The summed E-state index contributed by atoms with van der Waals surface area (Å²) in [4.78, 5) is 0. The van der Waals surface area contributed by atoms with Crippen molar-refractivity contribution in [3.8, 4) is 11.5 Å². The van der Waals surface area contributed by atoms with E-state index in [1.54, 1.807) is 20.4 Å². The molecule has 0 aliphatic carbocycles. The number of ether oxygens (including phenoxy) is 2. The van der Waals surface area contributed by atoms with Gasteiger partial charge >= 0.3 is 0 Å². The minimum absolute atomic E-state index is 0.661. The summed E-state index contributed by atoms with van der Waals surface area (Å²) in [5.74, 6) is 1.42. The zero-order valence-corrected chi connectivity index (χ0v) is 13.0. The molecule has 0 aliphatic heterocycles. The second kappa shape index (κ2) is 7.21. The van der Waals surface area contributed by atoms with Gasteiger partial charge in [0.1, 0.15) is 0 Å². The fraction of sp³-hybridized carbons (Fsp3) is 0.286. The van der Waals surface area contributed by atoms with Crippen LogP contribution in [0.25, 0.3) is 0 Å². The second-order valence-corrected chi connectivity index (χ2v) is 4.97. The first-order valence-corrected chi connectivity index (χ1v) is 6.91. The maximum atomic E-state index is 5.30. The van der Waals surface area contributed by atoms with Crippen LogP contribution in [0.1, 0.15) is 11.3 Å². The van der Waals surface area contributed by atoms with E-state index >= 15 is 0 Å². The molecule has 1 aromatic carbocycles. The summed E-state index contributed by atoms with van der Waals surface area (Å²) in [6.45, 7) is 1.35. The molecule has 1 N–H and O–H groups in total. The molecule has 0 atom stereocenters. The summed E-state index contributed by atoms with van der Waals surface area (Å²) in [7, 11) is 3.25. The van der Waals surface area contributed by atoms with Crippen molar-refractivity contribution < 1.29 is 9.47 Å². The second-order valence-electron chi connectivity index (χ2n) is 4.12. The minimum atomic E-state index is 0.661. The number of hydrogen-bond donors (Lipinski definition) is 1. The van der Waals surface area contributed by atoms with Gasteiger partial charge in [-0.1, -0.05) is 15.9 Å². The van der Waals surface area contributed by atoms with Gasteiger partial charge in [-0.3, -0.25) is 0 Å². The highest BCUT2D eigenvalue weighted by Crippen LogP contribution is 2.33. The molecule has 2 aromatic rings. The van der Waals surface area contributed by atoms with Crippen LogP contribution >= 0.6 is 15.9 Å². The molecule has 0 bridgehead atoms. The monoisotopic (exact) mass is 337 g/mol. The molecule has 0 aliphatic rings. The van der Waals surface area contributed by atoms with Crippen LogP contribution in [-0.2, 0) is 13.1 Å². The van der Waals surface area contributed by atoms with Gasteiger partial charge in [0.05, 0.1) is 19.9 Å². The molecular weight excluding hydrogens is 322 g/mol. The lowest BCUT2D eigenvalue weighted by Gasteiger charge is -2.12. The quantitative estimate of drug-likeness (QED) is 0.877. The van der Waals surface area contributed by atoms with E-state index in [4.69, 9.17) is 9.47 Å². The Morgan fingerprint density at radius 2 is 1.90 bits per heavy atom. The number of methoxy groups -OCH3 is 2. The summed E-state index contributed by atoms with van der Waals surface area (Å²) >= 11 is 3.53. The van der Waals surface area contributed by atoms with Crippen molar-refractivity contribution in [1.29, 1.82) is 0 Å². The molecule has 0 saturated carbocycles. The van der Waals surface area contributed by atoms with Crippen LogP contribution in [0.2, 0.25) is 0 Å². The molecule has 2 rings (SSSR count). The number of nitrogens with zero attached hydrogens (tertiary/aromatic N) is 2. The molecule has 0 spiro atoms. The highest BCUT2D eigenvalue weighted by molar-refractivity contribution is 9.10. The standard InChI is InChI=1S/C14H16BrN3O2/c1-19-13-6-10(12(15)7-14(13)20-2)8-16-9-11-4-3-5-17-18-11/h3-7,16H,8-9H2,1-2H3. The molecule has 0 unspecified atom stereocenters. The van der Waals surface area contributed by atoms with Crippen molar-refractivity contribution in [2.24, 2.45) is 0 Å². The maximum absolute atomic E-state index is 5.30. The van der Waals surface area contributed by atoms with Crippen molar-refractivity contribution in [2.75, 3.05) is 14.2 Å². The number of nitrogens with one attached hydrogen (secondary N) is 1. The largest absolute Gasteiger partial charge is 0.493 e. The van der Waals surface area contributed by atoms with E-state index < -0.39 is 0 Å². The average molecular weight is 338 g/mol. The molecule has 1 heterocycles. The van der Waals surface area contributed by atoms with Crippen LogP contribution in [-0.4, -0.2) is 24.4 Å². The van der Waals surface area contributed by atoms with Gasteiger partial charge in [0.25, 0.3) is 0 Å². The average Bonchev–Trinajstić information content (AvgIpc) is 2.49. The molecule has 0 radical (unpaired) electrons. The highest BCUT2D eigenvalue weighted by Gasteiger charge is 2.09. The zero-order valence-electron chi connectivity index (χ0n) is 11.4. The molecule has 106 valence electrons. The molecule has 6 heteroatoms. The lowest BCUT2D eigenvalue weighted by atomic mass is 10.2. The Bertz CT molecular complexity index is 564. The lowest BCUT2D eigenvalue weighted by Crippen LogP contribution is -2.14. The van der Waals surface area contributed by atoms with Gasteiger partial charge in [-0.05, 0) is 29.8 Å². The van der Waals surface area contributed by atoms with Crippen molar-refractivity contribution in [2.45, 2.75) is 13.1 Å². The Labute approximate surface area is 126 Å². The van der Waals surface area contributed by atoms with E-state index in [1.165, 1.54) is 0 Å². The summed E-state index contributed by atoms with van der Waals surface area (Å²) < 4.78 is 11.5. The molecule has 5 nitrogen and oxygen atoms in total. The van der Waals surface area contributed by atoms with Gasteiger partial charge in [0.2, 0.25) is 0 Å². The molecule has 0 saturated heterocycles. The molecule has 1 aromatic heterocycles. The van der Waals surface area contributed by atoms with Crippen LogP contribution in [0.15, 0.2) is 34.9 Å².